The van der Waals surface area contributed by atoms with Crippen molar-refractivity contribution in [3.63, 3.8) is 0 Å². The zero-order valence-corrected chi connectivity index (χ0v) is 13.5. The second-order valence-corrected chi connectivity index (χ2v) is 5.70. The van der Waals surface area contributed by atoms with Crippen molar-refractivity contribution in [3.05, 3.63) is 0 Å². The lowest BCUT2D eigenvalue weighted by Gasteiger charge is -2.15. The Morgan fingerprint density at radius 3 is 1.72 bits per heavy atom. The van der Waals surface area contributed by atoms with Crippen molar-refractivity contribution in [1.82, 2.24) is 10.2 Å². The molecule has 0 bridgehead atoms. The molecule has 0 aromatic carbocycles. The third-order valence-electron chi connectivity index (χ3n) is 3.21. The first-order chi connectivity index (χ1) is 8.68. The zero-order chi connectivity index (χ0) is 13.6. The fraction of sp³-hybridized carbons (Fsp3) is 0.933. The molecule has 0 aromatic rings. The Morgan fingerprint density at radius 2 is 1.28 bits per heavy atom. The van der Waals surface area contributed by atoms with Crippen LogP contribution >= 0.6 is 12.2 Å². The van der Waals surface area contributed by atoms with Crippen molar-refractivity contribution < 1.29 is 0 Å². The molecule has 0 heterocycles. The summed E-state index contributed by atoms with van der Waals surface area (Å²) in [6.45, 7) is 3.30. The average molecular weight is 273 g/mol. The van der Waals surface area contributed by atoms with Gasteiger partial charge < -0.3 is 10.2 Å². The molecule has 108 valence electrons. The molecule has 0 radical (unpaired) electrons. The number of nitrogens with one attached hydrogen (secondary N) is 1. The molecule has 18 heavy (non-hydrogen) atoms. The van der Waals surface area contributed by atoms with Crippen LogP contribution in [0, 0.1) is 0 Å². The van der Waals surface area contributed by atoms with Gasteiger partial charge in [0.05, 0.1) is 0 Å². The van der Waals surface area contributed by atoms with Crippen LogP contribution < -0.4 is 5.32 Å². The van der Waals surface area contributed by atoms with Crippen molar-refractivity contribution in [2.75, 3.05) is 20.6 Å². The number of hydrogen-bond donors (Lipinski definition) is 1. The van der Waals surface area contributed by atoms with Gasteiger partial charge >= 0.3 is 0 Å². The highest BCUT2D eigenvalue weighted by molar-refractivity contribution is 7.80. The van der Waals surface area contributed by atoms with Crippen LogP contribution in [0.1, 0.15) is 71.1 Å². The van der Waals surface area contributed by atoms with Crippen LogP contribution in [-0.4, -0.2) is 30.7 Å². The monoisotopic (exact) mass is 272 g/mol. The number of nitrogens with zero attached hydrogens (tertiary/aromatic N) is 1. The molecule has 0 saturated heterocycles. The topological polar surface area (TPSA) is 15.3 Å². The van der Waals surface area contributed by atoms with Crippen LogP contribution in [-0.2, 0) is 0 Å². The maximum atomic E-state index is 5.16. The molecule has 0 aliphatic heterocycles. The van der Waals surface area contributed by atoms with Crippen LogP contribution in [0.3, 0.4) is 0 Å². The van der Waals surface area contributed by atoms with Crippen molar-refractivity contribution in [2.45, 2.75) is 71.1 Å². The summed E-state index contributed by atoms with van der Waals surface area (Å²) in [6.07, 6.45) is 13.8. The number of hydrogen-bond acceptors (Lipinski definition) is 1. The summed E-state index contributed by atoms with van der Waals surface area (Å²) < 4.78 is 0. The largest absolute Gasteiger partial charge is 0.363 e. The van der Waals surface area contributed by atoms with Gasteiger partial charge in [0.2, 0.25) is 0 Å². The van der Waals surface area contributed by atoms with Gasteiger partial charge in [0.1, 0.15) is 0 Å². The van der Waals surface area contributed by atoms with Crippen LogP contribution in [0.15, 0.2) is 0 Å². The van der Waals surface area contributed by atoms with Crippen LogP contribution in [0.2, 0.25) is 0 Å². The first-order valence-corrected chi connectivity index (χ1v) is 8.04. The molecule has 0 fully saturated rings. The molecular formula is C15H32N2S. The molecule has 3 heteroatoms. The van der Waals surface area contributed by atoms with Gasteiger partial charge in [-0.1, -0.05) is 64.7 Å². The standard InChI is InChI=1S/C15H32N2S/c1-4-5-6-7-8-9-10-11-12-13-14-16-15(18)17(2)3/h4-14H2,1-3H3,(H,16,18). The molecule has 0 unspecified atom stereocenters. The first kappa shape index (κ1) is 17.7. The summed E-state index contributed by atoms with van der Waals surface area (Å²) in [5, 5.41) is 4.12. The highest BCUT2D eigenvalue weighted by atomic mass is 32.1. The SMILES string of the molecule is CCCCCCCCCCCCNC(=S)N(C)C. The van der Waals surface area contributed by atoms with E-state index < -0.39 is 0 Å². The number of unbranched alkanes of at least 4 members (excludes halogenated alkanes) is 9. The van der Waals surface area contributed by atoms with Crippen LogP contribution in [0.4, 0.5) is 0 Å². The van der Waals surface area contributed by atoms with E-state index in [1.165, 1.54) is 64.2 Å². The summed E-state index contributed by atoms with van der Waals surface area (Å²) in [7, 11) is 3.96. The van der Waals surface area contributed by atoms with Crippen molar-refractivity contribution in [2.24, 2.45) is 0 Å². The van der Waals surface area contributed by atoms with E-state index in [0.29, 0.717) is 0 Å². The Hall–Kier alpha value is -0.310. The van der Waals surface area contributed by atoms with Crippen molar-refractivity contribution in [1.29, 1.82) is 0 Å². The minimum absolute atomic E-state index is 0.853. The van der Waals surface area contributed by atoms with Gasteiger partial charge in [0.15, 0.2) is 5.11 Å². The first-order valence-electron chi connectivity index (χ1n) is 7.63. The van der Waals surface area contributed by atoms with Gasteiger partial charge in [-0.3, -0.25) is 0 Å². The Kier molecular flexibility index (Phi) is 12.9. The highest BCUT2D eigenvalue weighted by Crippen LogP contribution is 2.10. The third-order valence-corrected chi connectivity index (χ3v) is 3.72. The van der Waals surface area contributed by atoms with Crippen LogP contribution in [0.25, 0.3) is 0 Å². The smallest absolute Gasteiger partial charge is 0.168 e. The minimum atomic E-state index is 0.853. The van der Waals surface area contributed by atoms with Crippen molar-refractivity contribution >= 4 is 17.3 Å². The number of thiocarbonyl (C=S) groups is 1. The molecule has 0 aromatic heterocycles. The molecule has 0 aliphatic carbocycles. The van der Waals surface area contributed by atoms with Crippen molar-refractivity contribution in [3.8, 4) is 0 Å². The summed E-state index contributed by atoms with van der Waals surface area (Å²) in [5.74, 6) is 0. The fourth-order valence-electron chi connectivity index (χ4n) is 1.97. The van der Waals surface area contributed by atoms with E-state index in [0.717, 1.165) is 11.7 Å². The third kappa shape index (κ3) is 12.2. The average Bonchev–Trinajstić information content (AvgIpc) is 2.35. The van der Waals surface area contributed by atoms with E-state index in [9.17, 15) is 0 Å². The molecule has 0 saturated carbocycles. The summed E-state index contributed by atoms with van der Waals surface area (Å²) in [5.41, 5.74) is 0. The van der Waals surface area contributed by atoms with E-state index >= 15 is 0 Å². The van der Waals surface area contributed by atoms with E-state index in [4.69, 9.17) is 12.2 Å². The predicted octanol–water partition coefficient (Wildman–Crippen LogP) is 4.34. The van der Waals surface area contributed by atoms with E-state index in [-0.39, 0.29) is 0 Å². The highest BCUT2D eigenvalue weighted by Gasteiger charge is 1.96. The van der Waals surface area contributed by atoms with E-state index in [2.05, 4.69) is 12.2 Å². The molecule has 0 rings (SSSR count). The molecule has 0 atom stereocenters. The van der Waals surface area contributed by atoms with Gasteiger partial charge in [0, 0.05) is 20.6 Å². The Bertz CT molecular complexity index is 193. The Morgan fingerprint density at radius 1 is 0.833 bits per heavy atom. The van der Waals surface area contributed by atoms with Gasteiger partial charge in [-0.05, 0) is 18.6 Å². The van der Waals surface area contributed by atoms with Gasteiger partial charge in [-0.15, -0.1) is 0 Å². The lowest BCUT2D eigenvalue weighted by Crippen LogP contribution is -2.34. The Balaban J connectivity index is 3.05. The van der Waals surface area contributed by atoms with Crippen LogP contribution in [0.5, 0.6) is 0 Å². The van der Waals surface area contributed by atoms with E-state index in [1.807, 2.05) is 19.0 Å². The molecule has 1 N–H and O–H groups in total. The molecule has 0 amide bonds. The van der Waals surface area contributed by atoms with Gasteiger partial charge in [-0.25, -0.2) is 0 Å². The van der Waals surface area contributed by atoms with Gasteiger partial charge in [0.25, 0.3) is 0 Å². The summed E-state index contributed by atoms with van der Waals surface area (Å²) in [4.78, 5) is 1.95. The predicted molar refractivity (Wildman–Crippen MR) is 86.1 cm³/mol. The molecule has 0 spiro atoms. The lowest BCUT2D eigenvalue weighted by atomic mass is 10.1. The molecular weight excluding hydrogens is 240 g/mol. The Labute approximate surface area is 120 Å². The molecule has 0 aliphatic rings. The normalized spacial score (nSPS) is 10.4. The minimum Gasteiger partial charge on any atom is -0.363 e. The quantitative estimate of drug-likeness (QED) is 0.445. The zero-order valence-electron chi connectivity index (χ0n) is 12.6. The maximum Gasteiger partial charge on any atom is 0.168 e. The molecule has 2 nitrogen and oxygen atoms in total. The summed E-state index contributed by atoms with van der Waals surface area (Å²) in [6, 6.07) is 0. The second kappa shape index (κ2) is 13.1. The second-order valence-electron chi connectivity index (χ2n) is 5.31. The number of rotatable bonds is 11. The lowest BCUT2D eigenvalue weighted by molar-refractivity contribution is 0.548. The summed E-state index contributed by atoms with van der Waals surface area (Å²) >= 11 is 5.16. The van der Waals surface area contributed by atoms with E-state index in [1.54, 1.807) is 0 Å². The van der Waals surface area contributed by atoms with Gasteiger partial charge in [-0.2, -0.15) is 0 Å². The maximum absolute atomic E-state index is 5.16. The fourth-order valence-corrected chi connectivity index (χ4v) is 2.07.